The van der Waals surface area contributed by atoms with Crippen molar-refractivity contribution in [2.75, 3.05) is 11.6 Å². The van der Waals surface area contributed by atoms with E-state index in [-0.39, 0.29) is 16.7 Å². The average Bonchev–Trinajstić information content (AvgIpc) is 3.10. The van der Waals surface area contributed by atoms with Gasteiger partial charge in [-0.1, -0.05) is 30.3 Å². The van der Waals surface area contributed by atoms with Crippen molar-refractivity contribution in [1.29, 1.82) is 0 Å². The fourth-order valence-electron chi connectivity index (χ4n) is 4.68. The standard InChI is InChI=1S/C27H26F3N3O2S/c1-26(2)25(24(35)17-34)33(22-8-10-23(11-9-22)36-27(28,29)30)18-32(26)16-20-12-13-31-15-21(20)14-19-6-4-3-5-7-19/h3-13,15,17,25H,14,16,18H2,1-2H3. The minimum atomic E-state index is -4.38. The van der Waals surface area contributed by atoms with Gasteiger partial charge in [-0.3, -0.25) is 19.5 Å². The normalized spacial score (nSPS) is 17.8. The number of alkyl halides is 3. The number of carbonyl (C=O) groups is 2. The lowest BCUT2D eigenvalue weighted by molar-refractivity contribution is -0.131. The molecule has 0 N–H and O–H groups in total. The summed E-state index contributed by atoms with van der Waals surface area (Å²) in [5.74, 6) is -0.574. The quantitative estimate of drug-likeness (QED) is 0.226. The molecule has 1 saturated heterocycles. The fourth-order valence-corrected chi connectivity index (χ4v) is 5.22. The number of ketones is 1. The number of carbonyl (C=O) groups excluding carboxylic acids is 2. The van der Waals surface area contributed by atoms with Crippen molar-refractivity contribution >= 4 is 29.5 Å². The molecule has 5 nitrogen and oxygen atoms in total. The zero-order chi connectivity index (χ0) is 25.9. The minimum absolute atomic E-state index is 0.0576. The largest absolute Gasteiger partial charge is 0.446 e. The molecule has 9 heteroatoms. The Morgan fingerprint density at radius 3 is 2.42 bits per heavy atom. The molecule has 2 aromatic carbocycles. The van der Waals surface area contributed by atoms with Crippen LogP contribution in [0.2, 0.25) is 0 Å². The SMILES string of the molecule is CC1(C)C(C(=O)C=O)N(c2ccc(SC(F)(F)F)cc2)CN1Cc1ccncc1Cc1ccccc1. The number of rotatable bonds is 8. The monoisotopic (exact) mass is 513 g/mol. The zero-order valence-electron chi connectivity index (χ0n) is 19.9. The Morgan fingerprint density at radius 1 is 1.08 bits per heavy atom. The van der Waals surface area contributed by atoms with Gasteiger partial charge >= 0.3 is 5.51 Å². The molecule has 3 aromatic rings. The molecule has 0 amide bonds. The first-order valence-corrected chi connectivity index (χ1v) is 12.2. The highest BCUT2D eigenvalue weighted by molar-refractivity contribution is 8.00. The molecule has 4 rings (SSSR count). The second-order valence-electron chi connectivity index (χ2n) is 9.23. The lowest BCUT2D eigenvalue weighted by atomic mass is 9.90. The number of benzene rings is 2. The summed E-state index contributed by atoms with van der Waals surface area (Å²) in [6.07, 6.45) is 4.60. The van der Waals surface area contributed by atoms with Crippen LogP contribution in [0, 0.1) is 0 Å². The number of thioether (sulfide) groups is 1. The molecule has 36 heavy (non-hydrogen) atoms. The molecular formula is C27H26F3N3O2S. The molecule has 0 aliphatic carbocycles. The molecule has 1 unspecified atom stereocenters. The zero-order valence-corrected chi connectivity index (χ0v) is 20.7. The van der Waals surface area contributed by atoms with Crippen molar-refractivity contribution in [3.8, 4) is 0 Å². The van der Waals surface area contributed by atoms with Crippen LogP contribution in [0.25, 0.3) is 0 Å². The molecule has 1 atom stereocenters. The van der Waals surface area contributed by atoms with Gasteiger partial charge in [0.15, 0.2) is 6.29 Å². The van der Waals surface area contributed by atoms with Gasteiger partial charge in [0, 0.05) is 35.1 Å². The number of anilines is 1. The number of hydrogen-bond acceptors (Lipinski definition) is 6. The van der Waals surface area contributed by atoms with E-state index in [0.29, 0.717) is 31.6 Å². The van der Waals surface area contributed by atoms with Crippen LogP contribution >= 0.6 is 11.8 Å². The van der Waals surface area contributed by atoms with E-state index in [1.807, 2.05) is 44.3 Å². The molecule has 1 aromatic heterocycles. The summed E-state index contributed by atoms with van der Waals surface area (Å²) in [6.45, 7) is 4.66. The van der Waals surface area contributed by atoms with E-state index in [2.05, 4.69) is 22.0 Å². The van der Waals surface area contributed by atoms with Gasteiger partial charge in [0.1, 0.15) is 6.04 Å². The van der Waals surface area contributed by atoms with Crippen LogP contribution in [0.3, 0.4) is 0 Å². The van der Waals surface area contributed by atoms with Gasteiger partial charge in [-0.05, 0) is 79.1 Å². The molecular weight excluding hydrogens is 487 g/mol. The Labute approximate surface area is 212 Å². The maximum absolute atomic E-state index is 12.8. The summed E-state index contributed by atoms with van der Waals surface area (Å²) in [5, 5.41) is 0. The number of nitrogens with zero attached hydrogens (tertiary/aromatic N) is 3. The highest BCUT2D eigenvalue weighted by Crippen LogP contribution is 2.40. The van der Waals surface area contributed by atoms with Crippen LogP contribution in [0.1, 0.15) is 30.5 Å². The van der Waals surface area contributed by atoms with Gasteiger partial charge in [-0.25, -0.2) is 0 Å². The second kappa shape index (κ2) is 10.4. The summed E-state index contributed by atoms with van der Waals surface area (Å²) in [5.41, 5.74) is -1.25. The lowest BCUT2D eigenvalue weighted by Crippen LogP contribution is -2.51. The topological polar surface area (TPSA) is 53.5 Å². The number of aromatic nitrogens is 1. The van der Waals surface area contributed by atoms with E-state index < -0.39 is 22.9 Å². The van der Waals surface area contributed by atoms with Crippen LogP contribution in [0.4, 0.5) is 18.9 Å². The Morgan fingerprint density at radius 2 is 1.78 bits per heavy atom. The average molecular weight is 514 g/mol. The maximum atomic E-state index is 12.8. The number of Topliss-reactive ketones (excluding diaryl/α,β-unsaturated/α-hetero) is 1. The molecule has 1 aliphatic rings. The first-order valence-electron chi connectivity index (χ1n) is 11.4. The van der Waals surface area contributed by atoms with Gasteiger partial charge in [0.25, 0.3) is 0 Å². The predicted octanol–water partition coefficient (Wildman–Crippen LogP) is 5.48. The summed E-state index contributed by atoms with van der Waals surface area (Å²) >= 11 is -0.190. The molecule has 1 aliphatic heterocycles. The molecule has 0 bridgehead atoms. The van der Waals surface area contributed by atoms with Gasteiger partial charge < -0.3 is 4.90 Å². The molecule has 0 spiro atoms. The number of hydrogen-bond donors (Lipinski definition) is 0. The summed E-state index contributed by atoms with van der Waals surface area (Å²) < 4.78 is 38.2. The lowest BCUT2D eigenvalue weighted by Gasteiger charge is -2.34. The van der Waals surface area contributed by atoms with Crippen molar-refractivity contribution in [1.82, 2.24) is 9.88 Å². The Hall–Kier alpha value is -3.17. The van der Waals surface area contributed by atoms with Crippen molar-refractivity contribution < 1.29 is 22.8 Å². The van der Waals surface area contributed by atoms with E-state index in [1.54, 1.807) is 23.2 Å². The third-order valence-electron chi connectivity index (χ3n) is 6.51. The fraction of sp³-hybridized carbons (Fsp3) is 0.296. The third-order valence-corrected chi connectivity index (χ3v) is 7.25. The second-order valence-corrected chi connectivity index (χ2v) is 10.4. The van der Waals surface area contributed by atoms with Crippen LogP contribution in [0.15, 0.2) is 78.0 Å². The Bertz CT molecular complexity index is 1220. The van der Waals surface area contributed by atoms with Crippen molar-refractivity contribution in [3.05, 3.63) is 89.7 Å². The van der Waals surface area contributed by atoms with E-state index >= 15 is 0 Å². The highest BCUT2D eigenvalue weighted by atomic mass is 32.2. The highest BCUT2D eigenvalue weighted by Gasteiger charge is 2.50. The van der Waals surface area contributed by atoms with Crippen molar-refractivity contribution in [2.45, 2.75) is 48.8 Å². The van der Waals surface area contributed by atoms with Crippen LogP contribution < -0.4 is 4.90 Å². The van der Waals surface area contributed by atoms with Crippen LogP contribution in [0.5, 0.6) is 0 Å². The van der Waals surface area contributed by atoms with E-state index in [9.17, 15) is 22.8 Å². The summed E-state index contributed by atoms with van der Waals surface area (Å²) in [4.78, 5) is 32.6. The Balaban J connectivity index is 1.62. The first kappa shape index (κ1) is 25.9. The minimum Gasteiger partial charge on any atom is -0.346 e. The molecule has 2 heterocycles. The number of aldehydes is 1. The van der Waals surface area contributed by atoms with Crippen molar-refractivity contribution in [2.24, 2.45) is 0 Å². The van der Waals surface area contributed by atoms with Gasteiger partial charge in [0.2, 0.25) is 5.78 Å². The molecule has 188 valence electrons. The van der Waals surface area contributed by atoms with E-state index in [4.69, 9.17) is 0 Å². The van der Waals surface area contributed by atoms with Crippen LogP contribution in [-0.2, 0) is 22.6 Å². The summed E-state index contributed by atoms with van der Waals surface area (Å²) in [7, 11) is 0. The van der Waals surface area contributed by atoms with E-state index in [0.717, 1.165) is 16.7 Å². The smallest absolute Gasteiger partial charge is 0.346 e. The Kier molecular flexibility index (Phi) is 7.51. The number of halogens is 3. The van der Waals surface area contributed by atoms with Gasteiger partial charge in [-0.2, -0.15) is 13.2 Å². The molecule has 1 fully saturated rings. The first-order chi connectivity index (χ1) is 17.1. The van der Waals surface area contributed by atoms with Gasteiger partial charge in [0.05, 0.1) is 6.67 Å². The summed E-state index contributed by atoms with van der Waals surface area (Å²) in [6, 6.07) is 17.1. The van der Waals surface area contributed by atoms with Crippen molar-refractivity contribution in [3.63, 3.8) is 0 Å². The number of pyridine rings is 1. The van der Waals surface area contributed by atoms with Gasteiger partial charge in [-0.15, -0.1) is 0 Å². The van der Waals surface area contributed by atoms with Crippen LogP contribution in [-0.4, -0.2) is 45.7 Å². The molecule has 0 saturated carbocycles. The van der Waals surface area contributed by atoms with E-state index in [1.165, 1.54) is 12.1 Å². The maximum Gasteiger partial charge on any atom is 0.446 e. The third kappa shape index (κ3) is 5.79. The molecule has 0 radical (unpaired) electrons. The predicted molar refractivity (Wildman–Crippen MR) is 134 cm³/mol.